The molecule has 2 aromatic rings. The van der Waals surface area contributed by atoms with Crippen LogP contribution in [-0.4, -0.2) is 72.6 Å². The Morgan fingerprint density at radius 2 is 1.75 bits per heavy atom. The third-order valence-corrected chi connectivity index (χ3v) is 7.55. The minimum Gasteiger partial charge on any atom is -0.497 e. The highest BCUT2D eigenvalue weighted by molar-refractivity contribution is 7.80. The molecule has 0 spiro atoms. The Hall–Kier alpha value is -2.97. The molecule has 4 rings (SSSR count). The summed E-state index contributed by atoms with van der Waals surface area (Å²) in [4.78, 5) is 31.8. The van der Waals surface area contributed by atoms with Crippen molar-refractivity contribution in [2.45, 2.75) is 38.6 Å². The van der Waals surface area contributed by atoms with Gasteiger partial charge < -0.3 is 19.9 Å². The van der Waals surface area contributed by atoms with Crippen LogP contribution in [0.1, 0.15) is 31.7 Å². The number of hydrogen-bond acceptors (Lipinski definition) is 5. The van der Waals surface area contributed by atoms with E-state index in [0.717, 1.165) is 26.1 Å². The van der Waals surface area contributed by atoms with Crippen molar-refractivity contribution in [3.63, 3.8) is 0 Å². The standard InChI is InChI=1S/C28H36N4O3S/c1-3-29-26(33)20-25-27(34)32(23-9-11-24(35-2)12-10-23)28(36)31(25)18-17-30-15-13-22(14-16-30)19-21-7-5-4-6-8-21/h4-12,22,25H,3,13-20H2,1-2H3,(H,29,33)/t25-/m1/s1. The molecule has 0 bridgehead atoms. The Labute approximate surface area is 219 Å². The van der Waals surface area contributed by atoms with E-state index in [1.807, 2.05) is 36.1 Å². The quantitative estimate of drug-likeness (QED) is 0.496. The SMILES string of the molecule is CCNC(=O)C[C@@H]1C(=O)N(c2ccc(OC)cc2)C(=S)N1CCN1CCC(Cc2ccccc2)CC1. The van der Waals surface area contributed by atoms with Crippen molar-refractivity contribution in [1.82, 2.24) is 15.1 Å². The van der Waals surface area contributed by atoms with Crippen LogP contribution in [0.15, 0.2) is 54.6 Å². The third-order valence-electron chi connectivity index (χ3n) is 7.13. The van der Waals surface area contributed by atoms with Gasteiger partial charge in [0.15, 0.2) is 5.11 Å². The van der Waals surface area contributed by atoms with Gasteiger partial charge in [-0.3, -0.25) is 14.5 Å². The van der Waals surface area contributed by atoms with Crippen LogP contribution in [0.3, 0.4) is 0 Å². The Bertz CT molecular complexity index is 1040. The van der Waals surface area contributed by atoms with Gasteiger partial charge in [0.05, 0.1) is 19.2 Å². The van der Waals surface area contributed by atoms with Gasteiger partial charge in [0.25, 0.3) is 5.91 Å². The maximum Gasteiger partial charge on any atom is 0.256 e. The molecule has 2 fully saturated rings. The second-order valence-corrected chi connectivity index (χ2v) is 9.86. The molecule has 2 aromatic carbocycles. The molecular weight excluding hydrogens is 472 g/mol. The fraction of sp³-hybridized carbons (Fsp3) is 0.464. The second-order valence-electron chi connectivity index (χ2n) is 9.50. The molecule has 7 nitrogen and oxygen atoms in total. The summed E-state index contributed by atoms with van der Waals surface area (Å²) in [5, 5.41) is 3.28. The Morgan fingerprint density at radius 3 is 2.39 bits per heavy atom. The molecule has 0 radical (unpaired) electrons. The van der Waals surface area contributed by atoms with Gasteiger partial charge in [-0.15, -0.1) is 0 Å². The van der Waals surface area contributed by atoms with E-state index < -0.39 is 6.04 Å². The summed E-state index contributed by atoms with van der Waals surface area (Å²) in [6.07, 6.45) is 3.56. The number of piperidine rings is 1. The third kappa shape index (κ3) is 6.23. The lowest BCUT2D eigenvalue weighted by Gasteiger charge is -2.34. The van der Waals surface area contributed by atoms with Gasteiger partial charge in [0.2, 0.25) is 5.91 Å². The molecule has 0 saturated carbocycles. The number of carbonyl (C=O) groups excluding carboxylic acids is 2. The molecule has 8 heteroatoms. The lowest BCUT2D eigenvalue weighted by atomic mass is 9.90. The summed E-state index contributed by atoms with van der Waals surface area (Å²) in [6, 6.07) is 17.4. The molecule has 36 heavy (non-hydrogen) atoms. The zero-order valence-electron chi connectivity index (χ0n) is 21.2. The average Bonchev–Trinajstić information content (AvgIpc) is 3.12. The highest BCUT2D eigenvalue weighted by Gasteiger charge is 2.44. The zero-order valence-corrected chi connectivity index (χ0v) is 22.0. The molecule has 1 atom stereocenters. The predicted molar refractivity (Wildman–Crippen MR) is 146 cm³/mol. The second kappa shape index (κ2) is 12.3. The van der Waals surface area contributed by atoms with E-state index >= 15 is 0 Å². The molecule has 2 saturated heterocycles. The van der Waals surface area contributed by atoms with E-state index in [9.17, 15) is 9.59 Å². The Kier molecular flexibility index (Phi) is 8.93. The lowest BCUT2D eigenvalue weighted by Crippen LogP contribution is -2.45. The number of carbonyl (C=O) groups is 2. The summed E-state index contributed by atoms with van der Waals surface area (Å²) in [5.74, 6) is 1.12. The summed E-state index contributed by atoms with van der Waals surface area (Å²) in [6.45, 7) is 5.91. The number of rotatable bonds is 10. The first kappa shape index (κ1) is 26.1. The molecule has 2 aliphatic rings. The highest BCUT2D eigenvalue weighted by atomic mass is 32.1. The molecule has 0 aliphatic carbocycles. The van der Waals surface area contributed by atoms with E-state index in [0.29, 0.717) is 35.6 Å². The number of benzene rings is 2. The van der Waals surface area contributed by atoms with Crippen molar-refractivity contribution >= 4 is 34.8 Å². The van der Waals surface area contributed by atoms with E-state index in [-0.39, 0.29) is 18.2 Å². The minimum absolute atomic E-state index is 0.0959. The number of amides is 2. The molecule has 1 N–H and O–H groups in total. The van der Waals surface area contributed by atoms with E-state index in [1.54, 1.807) is 12.0 Å². The molecule has 2 heterocycles. The van der Waals surface area contributed by atoms with Crippen LogP contribution in [0.4, 0.5) is 5.69 Å². The van der Waals surface area contributed by atoms with Gasteiger partial charge in [0.1, 0.15) is 11.8 Å². The van der Waals surface area contributed by atoms with Crippen LogP contribution in [0, 0.1) is 5.92 Å². The van der Waals surface area contributed by atoms with Crippen LogP contribution in [0.2, 0.25) is 0 Å². The van der Waals surface area contributed by atoms with Crippen LogP contribution in [-0.2, 0) is 16.0 Å². The number of anilines is 1. The smallest absolute Gasteiger partial charge is 0.256 e. The molecule has 0 unspecified atom stereocenters. The van der Waals surface area contributed by atoms with Crippen LogP contribution in [0.25, 0.3) is 0 Å². The Balaban J connectivity index is 1.39. The van der Waals surface area contributed by atoms with Crippen LogP contribution < -0.4 is 15.0 Å². The topological polar surface area (TPSA) is 65.1 Å². The van der Waals surface area contributed by atoms with Crippen molar-refractivity contribution in [2.24, 2.45) is 5.92 Å². The predicted octanol–water partition coefficient (Wildman–Crippen LogP) is 3.48. The number of hydrogen-bond donors (Lipinski definition) is 1. The van der Waals surface area contributed by atoms with E-state index in [2.05, 4.69) is 40.5 Å². The summed E-state index contributed by atoms with van der Waals surface area (Å²) < 4.78 is 5.25. The van der Waals surface area contributed by atoms with Gasteiger partial charge in [0, 0.05) is 19.6 Å². The normalized spacial score (nSPS) is 19.1. The van der Waals surface area contributed by atoms with E-state index in [4.69, 9.17) is 17.0 Å². The maximum absolute atomic E-state index is 13.5. The number of nitrogens with zero attached hydrogens (tertiary/aromatic N) is 3. The average molecular weight is 509 g/mol. The highest BCUT2D eigenvalue weighted by Crippen LogP contribution is 2.29. The first-order chi connectivity index (χ1) is 17.5. The fourth-order valence-corrected chi connectivity index (χ4v) is 5.53. The van der Waals surface area contributed by atoms with Crippen molar-refractivity contribution in [3.05, 3.63) is 60.2 Å². The van der Waals surface area contributed by atoms with Crippen LogP contribution >= 0.6 is 12.2 Å². The number of nitrogens with one attached hydrogen (secondary N) is 1. The van der Waals surface area contributed by atoms with Crippen molar-refractivity contribution < 1.29 is 14.3 Å². The molecule has 2 amide bonds. The van der Waals surface area contributed by atoms with E-state index in [1.165, 1.54) is 18.4 Å². The van der Waals surface area contributed by atoms with Crippen molar-refractivity contribution in [3.8, 4) is 5.75 Å². The number of thiocarbonyl (C=S) groups is 1. The van der Waals surface area contributed by atoms with Crippen LogP contribution in [0.5, 0.6) is 5.75 Å². The lowest BCUT2D eigenvalue weighted by molar-refractivity contribution is -0.127. The molecular formula is C28H36N4O3S. The maximum atomic E-state index is 13.5. The number of methoxy groups -OCH3 is 1. The monoisotopic (exact) mass is 508 g/mol. The minimum atomic E-state index is -0.596. The number of likely N-dealkylation sites (tertiary alicyclic amines) is 1. The van der Waals surface area contributed by atoms with Crippen molar-refractivity contribution in [1.29, 1.82) is 0 Å². The first-order valence-electron chi connectivity index (χ1n) is 12.8. The molecule has 192 valence electrons. The van der Waals surface area contributed by atoms with Gasteiger partial charge in [-0.2, -0.15) is 0 Å². The number of ether oxygens (including phenoxy) is 1. The summed E-state index contributed by atoms with van der Waals surface area (Å²) in [5.41, 5.74) is 2.10. The summed E-state index contributed by atoms with van der Waals surface area (Å²) >= 11 is 5.78. The van der Waals surface area contributed by atoms with Gasteiger partial charge in [-0.25, -0.2) is 0 Å². The fourth-order valence-electron chi connectivity index (χ4n) is 5.11. The summed E-state index contributed by atoms with van der Waals surface area (Å²) in [7, 11) is 1.61. The van der Waals surface area contributed by atoms with Gasteiger partial charge in [-0.05, 0) is 87.2 Å². The van der Waals surface area contributed by atoms with Crippen molar-refractivity contribution in [2.75, 3.05) is 44.7 Å². The molecule has 0 aromatic heterocycles. The molecule has 2 aliphatic heterocycles. The largest absolute Gasteiger partial charge is 0.497 e. The zero-order chi connectivity index (χ0) is 25.5. The first-order valence-corrected chi connectivity index (χ1v) is 13.2. The Morgan fingerprint density at radius 1 is 1.06 bits per heavy atom. The van der Waals surface area contributed by atoms with Gasteiger partial charge in [-0.1, -0.05) is 30.3 Å². The van der Waals surface area contributed by atoms with Gasteiger partial charge >= 0.3 is 0 Å².